The van der Waals surface area contributed by atoms with E-state index in [4.69, 9.17) is 9.05 Å². The third kappa shape index (κ3) is 58.1. The molecular weight excluding hydrogens is 936 g/mol. The molecule has 0 aliphatic heterocycles. The normalized spacial score (nSPS) is 14.1. The second kappa shape index (κ2) is 56.2. The molecule has 0 bridgehead atoms. The van der Waals surface area contributed by atoms with Crippen molar-refractivity contribution in [1.82, 2.24) is 5.32 Å². The number of rotatable bonds is 59. The molecule has 74 heavy (non-hydrogen) atoms. The Hall–Kier alpha value is -1.54. The van der Waals surface area contributed by atoms with Crippen LogP contribution in [-0.2, 0) is 18.4 Å². The molecule has 0 aromatic carbocycles. The molecule has 0 aliphatic rings. The topological polar surface area (TPSA) is 108 Å². The maximum atomic E-state index is 13.0. The minimum atomic E-state index is -4.61. The van der Waals surface area contributed by atoms with Crippen LogP contribution in [0.3, 0.4) is 0 Å². The van der Waals surface area contributed by atoms with Crippen LogP contribution in [0.2, 0.25) is 0 Å². The highest BCUT2D eigenvalue weighted by Gasteiger charge is 2.23. The van der Waals surface area contributed by atoms with E-state index < -0.39 is 26.6 Å². The number of hydrogen-bond acceptors (Lipinski definition) is 6. The average molecular weight is 1060 g/mol. The molecule has 0 fully saturated rings. The molecule has 3 unspecified atom stereocenters. The summed E-state index contributed by atoms with van der Waals surface area (Å²) in [6.45, 7) is 4.66. The number of carbonyl (C=O) groups excluding carboxylic acids is 1. The van der Waals surface area contributed by atoms with E-state index in [9.17, 15) is 19.4 Å². The lowest BCUT2D eigenvalue weighted by molar-refractivity contribution is -0.870. The van der Waals surface area contributed by atoms with Gasteiger partial charge in [0, 0.05) is 6.42 Å². The van der Waals surface area contributed by atoms with Crippen molar-refractivity contribution in [3.63, 3.8) is 0 Å². The van der Waals surface area contributed by atoms with Crippen molar-refractivity contribution < 1.29 is 32.9 Å². The molecule has 0 heterocycles. The van der Waals surface area contributed by atoms with E-state index in [2.05, 4.69) is 55.6 Å². The van der Waals surface area contributed by atoms with Crippen molar-refractivity contribution in [2.24, 2.45) is 0 Å². The van der Waals surface area contributed by atoms with Gasteiger partial charge >= 0.3 is 0 Å². The Kier molecular flexibility index (Phi) is 55.0. The standard InChI is InChI=1S/C65H125N2O6P/c1-6-8-10-12-14-16-18-20-22-24-26-28-29-30-31-32-33-34-35-36-37-39-41-43-45-47-49-51-53-55-57-59-65(69)66-63(62-73-74(70,71)72-61-60-67(3,4)5)64(68)58-56-54-52-50-48-46-44-42-40-38-27-25-23-21-19-17-15-13-11-9-7-2/h24,26,40,42,48,50,56,58,63-64,68H,6-23,25,27-39,41,43-47,49,51-55,57,59-62H2,1-5H3,(H-,66,69,70,71)/b26-24-,42-40+,50-48+,58-56+. The second-order valence-electron chi connectivity index (χ2n) is 23.1. The molecule has 3 atom stereocenters. The first kappa shape index (κ1) is 72.5. The molecule has 2 N–H and O–H groups in total. The Balaban J connectivity index is 4.12. The molecule has 436 valence electrons. The van der Waals surface area contributed by atoms with Gasteiger partial charge in [0.25, 0.3) is 7.82 Å². The minimum Gasteiger partial charge on any atom is -0.756 e. The first-order valence-electron chi connectivity index (χ1n) is 32.0. The summed E-state index contributed by atoms with van der Waals surface area (Å²) < 4.78 is 23.4. The third-order valence-electron chi connectivity index (χ3n) is 14.5. The Labute approximate surface area is 460 Å². The summed E-state index contributed by atoms with van der Waals surface area (Å²) in [5.41, 5.74) is 0. The van der Waals surface area contributed by atoms with Crippen molar-refractivity contribution in [2.45, 2.75) is 321 Å². The smallest absolute Gasteiger partial charge is 0.268 e. The summed E-state index contributed by atoms with van der Waals surface area (Å²) in [6.07, 6.45) is 75.0. The number of unbranched alkanes of at least 4 members (excludes halogenated alkanes) is 40. The zero-order valence-electron chi connectivity index (χ0n) is 49.8. The molecule has 0 radical (unpaired) electrons. The van der Waals surface area contributed by atoms with Gasteiger partial charge in [0.2, 0.25) is 5.91 Å². The first-order chi connectivity index (χ1) is 36.0. The molecule has 0 aromatic rings. The van der Waals surface area contributed by atoms with E-state index in [-0.39, 0.29) is 12.5 Å². The lowest BCUT2D eigenvalue weighted by atomic mass is 10.0. The molecule has 0 saturated heterocycles. The van der Waals surface area contributed by atoms with Crippen LogP contribution in [0.5, 0.6) is 0 Å². The fraction of sp³-hybridized carbons (Fsp3) is 0.862. The maximum Gasteiger partial charge on any atom is 0.268 e. The van der Waals surface area contributed by atoms with Crippen molar-refractivity contribution in [3.8, 4) is 0 Å². The van der Waals surface area contributed by atoms with Gasteiger partial charge in [-0.25, -0.2) is 0 Å². The van der Waals surface area contributed by atoms with Crippen LogP contribution in [0.15, 0.2) is 48.6 Å². The molecule has 8 nitrogen and oxygen atoms in total. The number of aliphatic hydroxyl groups is 1. The number of quaternary nitrogens is 1. The third-order valence-corrected chi connectivity index (χ3v) is 15.5. The van der Waals surface area contributed by atoms with Crippen molar-refractivity contribution in [2.75, 3.05) is 40.9 Å². The number of phosphoric acid groups is 1. The van der Waals surface area contributed by atoms with Crippen molar-refractivity contribution in [3.05, 3.63) is 48.6 Å². The van der Waals surface area contributed by atoms with Crippen LogP contribution in [0.25, 0.3) is 0 Å². The van der Waals surface area contributed by atoms with E-state index in [0.717, 1.165) is 44.9 Å². The van der Waals surface area contributed by atoms with Gasteiger partial charge in [0.1, 0.15) is 13.2 Å². The van der Waals surface area contributed by atoms with Crippen LogP contribution in [0.4, 0.5) is 0 Å². The second-order valence-corrected chi connectivity index (χ2v) is 24.5. The molecule has 9 heteroatoms. The zero-order valence-corrected chi connectivity index (χ0v) is 50.7. The van der Waals surface area contributed by atoms with Gasteiger partial charge in [0.15, 0.2) is 0 Å². The number of likely N-dealkylation sites (N-methyl/N-ethyl adjacent to an activating group) is 1. The number of aliphatic hydroxyl groups excluding tert-OH is 1. The number of amides is 1. The van der Waals surface area contributed by atoms with Gasteiger partial charge in [-0.05, 0) is 70.6 Å². The lowest BCUT2D eigenvalue weighted by Crippen LogP contribution is -2.45. The van der Waals surface area contributed by atoms with Crippen LogP contribution < -0.4 is 10.2 Å². The highest BCUT2D eigenvalue weighted by molar-refractivity contribution is 7.45. The minimum absolute atomic E-state index is 0.00831. The molecule has 0 spiro atoms. The summed E-state index contributed by atoms with van der Waals surface area (Å²) >= 11 is 0. The molecular formula is C65H125N2O6P. The van der Waals surface area contributed by atoms with Crippen molar-refractivity contribution in [1.29, 1.82) is 0 Å². The van der Waals surface area contributed by atoms with E-state index >= 15 is 0 Å². The fourth-order valence-corrected chi connectivity index (χ4v) is 10.2. The van der Waals surface area contributed by atoms with Gasteiger partial charge in [-0.15, -0.1) is 0 Å². The summed E-state index contributed by atoms with van der Waals surface area (Å²) in [5.74, 6) is -0.207. The highest BCUT2D eigenvalue weighted by atomic mass is 31.2. The van der Waals surface area contributed by atoms with E-state index in [0.29, 0.717) is 17.4 Å². The molecule has 0 saturated carbocycles. The van der Waals surface area contributed by atoms with E-state index in [1.807, 2.05) is 27.2 Å². The summed E-state index contributed by atoms with van der Waals surface area (Å²) in [4.78, 5) is 25.5. The summed E-state index contributed by atoms with van der Waals surface area (Å²) in [7, 11) is 1.24. The van der Waals surface area contributed by atoms with Crippen LogP contribution in [0, 0.1) is 0 Å². The highest BCUT2D eigenvalue weighted by Crippen LogP contribution is 2.38. The number of allylic oxidation sites excluding steroid dienone is 7. The lowest BCUT2D eigenvalue weighted by Gasteiger charge is -2.29. The number of nitrogens with one attached hydrogen (secondary N) is 1. The summed E-state index contributed by atoms with van der Waals surface area (Å²) in [6, 6.07) is -0.910. The fourth-order valence-electron chi connectivity index (χ4n) is 9.48. The summed E-state index contributed by atoms with van der Waals surface area (Å²) in [5, 5.41) is 13.9. The van der Waals surface area contributed by atoms with Crippen LogP contribution >= 0.6 is 7.82 Å². The SMILES string of the molecule is CCCCCCCCCC/C=C\CCCCCCCCCCCCCCCCCCCCCC(=O)NC(COP(=O)([O-])OCC[N+](C)(C)C)C(O)/C=C/CC/C=C/CC/C=C/CCCCCCCCCCCCC. The van der Waals surface area contributed by atoms with E-state index in [1.54, 1.807) is 6.08 Å². The number of carbonyl (C=O) groups is 1. The van der Waals surface area contributed by atoms with Crippen molar-refractivity contribution >= 4 is 13.7 Å². The van der Waals surface area contributed by atoms with Gasteiger partial charge in [-0.3, -0.25) is 9.36 Å². The quantitative estimate of drug-likeness (QED) is 0.0272. The Morgan fingerprint density at radius 2 is 0.757 bits per heavy atom. The first-order valence-corrected chi connectivity index (χ1v) is 33.5. The monoisotopic (exact) mass is 1060 g/mol. The Morgan fingerprint density at radius 1 is 0.459 bits per heavy atom. The van der Waals surface area contributed by atoms with Crippen LogP contribution in [0.1, 0.15) is 309 Å². The molecule has 0 rings (SSSR count). The number of nitrogens with zero attached hydrogens (tertiary/aromatic N) is 1. The predicted octanol–water partition coefficient (Wildman–Crippen LogP) is 19.2. The van der Waals surface area contributed by atoms with Gasteiger partial charge in [-0.1, -0.05) is 281 Å². The largest absolute Gasteiger partial charge is 0.756 e. The Morgan fingerprint density at radius 3 is 1.09 bits per heavy atom. The molecule has 0 aromatic heterocycles. The Bertz CT molecular complexity index is 1340. The maximum absolute atomic E-state index is 13.0. The predicted molar refractivity (Wildman–Crippen MR) is 321 cm³/mol. The number of phosphoric ester groups is 1. The van der Waals surface area contributed by atoms with Gasteiger partial charge < -0.3 is 28.8 Å². The molecule has 0 aliphatic carbocycles. The average Bonchev–Trinajstić information content (AvgIpc) is 3.36. The van der Waals surface area contributed by atoms with Gasteiger partial charge in [-0.2, -0.15) is 0 Å². The van der Waals surface area contributed by atoms with Gasteiger partial charge in [0.05, 0.1) is 39.9 Å². The molecule has 1 amide bonds. The number of hydrogen-bond donors (Lipinski definition) is 2. The van der Waals surface area contributed by atoms with Crippen LogP contribution in [-0.4, -0.2) is 68.5 Å². The zero-order chi connectivity index (χ0) is 54.2. The van der Waals surface area contributed by atoms with E-state index in [1.165, 1.54) is 244 Å².